The fourth-order valence-electron chi connectivity index (χ4n) is 2.59. The average molecular weight is 372 g/mol. The van der Waals surface area contributed by atoms with Crippen molar-refractivity contribution < 1.29 is 17.9 Å². The van der Waals surface area contributed by atoms with Gasteiger partial charge in [0.1, 0.15) is 9.77 Å². The number of nitrogens with zero attached hydrogens (tertiary/aromatic N) is 1. The van der Waals surface area contributed by atoms with Crippen molar-refractivity contribution in [2.24, 2.45) is 0 Å². The number of carbonyl (C=O) groups is 1. The monoisotopic (exact) mass is 371 g/mol. The summed E-state index contributed by atoms with van der Waals surface area (Å²) in [6, 6.07) is 9.06. The number of benzene rings is 1. The van der Waals surface area contributed by atoms with Gasteiger partial charge in [-0.15, -0.1) is 11.3 Å². The quantitative estimate of drug-likeness (QED) is 0.778. The minimum absolute atomic E-state index is 0.0105. The topological polar surface area (TPSA) is 63.7 Å². The van der Waals surface area contributed by atoms with E-state index in [1.165, 1.54) is 17.5 Å². The lowest BCUT2D eigenvalue weighted by Crippen LogP contribution is -2.36. The predicted molar refractivity (Wildman–Crippen MR) is 88.4 cm³/mol. The standard InChI is InChI=1S/C15H14ClNO4S2/c1-21-15(18)14-12(8-13(16)22-14)23(19,20)17-7-6-10-4-2-3-5-11(10)9-17/h2-5,8H,6-7,9H2,1H3. The van der Waals surface area contributed by atoms with Crippen LogP contribution >= 0.6 is 22.9 Å². The van der Waals surface area contributed by atoms with Gasteiger partial charge in [0, 0.05) is 13.1 Å². The summed E-state index contributed by atoms with van der Waals surface area (Å²) in [5, 5.41) is 0. The predicted octanol–water partition coefficient (Wildman–Crippen LogP) is 2.94. The van der Waals surface area contributed by atoms with Crippen LogP contribution in [0.2, 0.25) is 4.34 Å². The van der Waals surface area contributed by atoms with Crippen LogP contribution in [0.25, 0.3) is 0 Å². The van der Waals surface area contributed by atoms with Crippen molar-refractivity contribution in [2.75, 3.05) is 13.7 Å². The lowest BCUT2D eigenvalue weighted by atomic mass is 10.0. The summed E-state index contributed by atoms with van der Waals surface area (Å²) in [5.74, 6) is -0.696. The van der Waals surface area contributed by atoms with Gasteiger partial charge in [0.2, 0.25) is 10.0 Å². The first-order chi connectivity index (χ1) is 10.9. The summed E-state index contributed by atoms with van der Waals surface area (Å²) in [7, 11) is -2.60. The van der Waals surface area contributed by atoms with E-state index < -0.39 is 16.0 Å². The van der Waals surface area contributed by atoms with Gasteiger partial charge in [0.25, 0.3) is 0 Å². The summed E-state index contributed by atoms with van der Waals surface area (Å²) in [6.45, 7) is 0.653. The number of thiophene rings is 1. The Morgan fingerprint density at radius 1 is 1.30 bits per heavy atom. The van der Waals surface area contributed by atoms with Gasteiger partial charge in [-0.05, 0) is 23.6 Å². The lowest BCUT2D eigenvalue weighted by molar-refractivity contribution is 0.0602. The Kier molecular flexibility index (Phi) is 4.46. The molecule has 0 amide bonds. The van der Waals surface area contributed by atoms with Crippen molar-refractivity contribution in [2.45, 2.75) is 17.9 Å². The average Bonchev–Trinajstić information content (AvgIpc) is 2.96. The minimum atomic E-state index is -3.81. The highest BCUT2D eigenvalue weighted by molar-refractivity contribution is 7.89. The SMILES string of the molecule is COC(=O)c1sc(Cl)cc1S(=O)(=O)N1CCc2ccccc2C1. The highest BCUT2D eigenvalue weighted by atomic mass is 35.5. The lowest BCUT2D eigenvalue weighted by Gasteiger charge is -2.27. The molecule has 0 atom stereocenters. The Morgan fingerprint density at radius 3 is 2.70 bits per heavy atom. The molecule has 3 rings (SSSR count). The largest absolute Gasteiger partial charge is 0.465 e. The van der Waals surface area contributed by atoms with Crippen LogP contribution in [0.1, 0.15) is 20.8 Å². The molecule has 23 heavy (non-hydrogen) atoms. The minimum Gasteiger partial charge on any atom is -0.465 e. The van der Waals surface area contributed by atoms with E-state index in [1.807, 2.05) is 24.3 Å². The molecule has 0 unspecified atom stereocenters. The molecule has 1 aliphatic heterocycles. The zero-order valence-electron chi connectivity index (χ0n) is 12.3. The first kappa shape index (κ1) is 16.4. The maximum atomic E-state index is 12.9. The Morgan fingerprint density at radius 2 is 2.00 bits per heavy atom. The maximum absolute atomic E-state index is 12.9. The van der Waals surface area contributed by atoms with Crippen molar-refractivity contribution in [3.05, 3.63) is 50.7 Å². The van der Waals surface area contributed by atoms with Crippen LogP contribution in [0.15, 0.2) is 35.2 Å². The number of sulfonamides is 1. The van der Waals surface area contributed by atoms with Crippen LogP contribution in [0.4, 0.5) is 0 Å². The van der Waals surface area contributed by atoms with E-state index in [2.05, 4.69) is 4.74 Å². The first-order valence-corrected chi connectivity index (χ1v) is 9.51. The van der Waals surface area contributed by atoms with Crippen molar-refractivity contribution in [1.29, 1.82) is 0 Å². The van der Waals surface area contributed by atoms with E-state index in [1.54, 1.807) is 0 Å². The number of carbonyl (C=O) groups excluding carboxylic acids is 1. The molecule has 5 nitrogen and oxygen atoms in total. The third kappa shape index (κ3) is 3.01. The smallest absolute Gasteiger partial charge is 0.349 e. The molecule has 0 spiro atoms. The Balaban J connectivity index is 1.99. The second kappa shape index (κ2) is 6.24. The number of halogens is 1. The number of methoxy groups -OCH3 is 1. The maximum Gasteiger partial charge on any atom is 0.349 e. The molecule has 0 bridgehead atoms. The summed E-state index contributed by atoms with van der Waals surface area (Å²) in [5.41, 5.74) is 2.12. The van der Waals surface area contributed by atoms with E-state index in [0.29, 0.717) is 13.0 Å². The number of hydrogen-bond donors (Lipinski definition) is 0. The second-order valence-electron chi connectivity index (χ2n) is 5.09. The van der Waals surface area contributed by atoms with Crippen LogP contribution in [0.5, 0.6) is 0 Å². The molecule has 0 fully saturated rings. The number of rotatable bonds is 3. The Labute approximate surface area is 143 Å². The van der Waals surface area contributed by atoms with Gasteiger partial charge in [-0.25, -0.2) is 13.2 Å². The molecule has 122 valence electrons. The second-order valence-corrected chi connectivity index (χ2v) is 8.68. The fraction of sp³-hybridized carbons (Fsp3) is 0.267. The molecular formula is C15H14ClNO4S2. The molecule has 1 aromatic heterocycles. The van der Waals surface area contributed by atoms with E-state index in [0.717, 1.165) is 22.5 Å². The third-order valence-electron chi connectivity index (χ3n) is 3.75. The number of ether oxygens (including phenoxy) is 1. The Hall–Kier alpha value is -1.41. The molecule has 0 saturated carbocycles. The van der Waals surface area contributed by atoms with Crippen molar-refractivity contribution in [1.82, 2.24) is 4.31 Å². The van der Waals surface area contributed by atoms with Gasteiger partial charge in [-0.2, -0.15) is 4.31 Å². The van der Waals surface area contributed by atoms with Crippen molar-refractivity contribution in [3.63, 3.8) is 0 Å². The van der Waals surface area contributed by atoms with E-state index >= 15 is 0 Å². The van der Waals surface area contributed by atoms with E-state index in [4.69, 9.17) is 11.6 Å². The van der Waals surface area contributed by atoms with Crippen LogP contribution in [0, 0.1) is 0 Å². The molecule has 0 saturated heterocycles. The van der Waals surface area contributed by atoms with E-state index in [9.17, 15) is 13.2 Å². The third-order valence-corrected chi connectivity index (χ3v) is 6.99. The molecule has 2 aromatic rings. The number of esters is 1. The summed E-state index contributed by atoms with van der Waals surface area (Å²) in [6.07, 6.45) is 0.640. The molecule has 0 radical (unpaired) electrons. The van der Waals surface area contributed by atoms with Gasteiger partial charge >= 0.3 is 5.97 Å². The van der Waals surface area contributed by atoms with Crippen LogP contribution < -0.4 is 0 Å². The van der Waals surface area contributed by atoms with Crippen LogP contribution in [-0.4, -0.2) is 32.3 Å². The van der Waals surface area contributed by atoms with Gasteiger partial charge < -0.3 is 4.74 Å². The van der Waals surface area contributed by atoms with Crippen molar-refractivity contribution >= 4 is 38.9 Å². The first-order valence-electron chi connectivity index (χ1n) is 6.88. The molecule has 1 aromatic carbocycles. The summed E-state index contributed by atoms with van der Waals surface area (Å²) >= 11 is 6.83. The molecule has 2 heterocycles. The summed E-state index contributed by atoms with van der Waals surface area (Å²) < 4.78 is 32.1. The Bertz CT molecular complexity index is 860. The molecule has 0 N–H and O–H groups in total. The highest BCUT2D eigenvalue weighted by Gasteiger charge is 2.33. The number of hydrogen-bond acceptors (Lipinski definition) is 5. The number of fused-ring (bicyclic) bond motifs is 1. The summed E-state index contributed by atoms with van der Waals surface area (Å²) in [4.78, 5) is 11.7. The van der Waals surface area contributed by atoms with Crippen LogP contribution in [0.3, 0.4) is 0 Å². The molecule has 1 aliphatic rings. The zero-order valence-corrected chi connectivity index (χ0v) is 14.7. The zero-order chi connectivity index (χ0) is 16.6. The van der Waals surface area contributed by atoms with Crippen molar-refractivity contribution in [3.8, 4) is 0 Å². The normalized spacial score (nSPS) is 15.2. The van der Waals surface area contributed by atoms with Gasteiger partial charge in [0.05, 0.1) is 11.4 Å². The van der Waals surface area contributed by atoms with Gasteiger partial charge in [-0.1, -0.05) is 35.9 Å². The highest BCUT2D eigenvalue weighted by Crippen LogP contribution is 2.34. The fourth-order valence-corrected chi connectivity index (χ4v) is 5.71. The van der Waals surface area contributed by atoms with Gasteiger partial charge in [0.15, 0.2) is 0 Å². The van der Waals surface area contributed by atoms with Crippen LogP contribution in [-0.2, 0) is 27.7 Å². The van der Waals surface area contributed by atoms with E-state index in [-0.39, 0.29) is 20.7 Å². The van der Waals surface area contributed by atoms with Gasteiger partial charge in [-0.3, -0.25) is 0 Å². The molecule has 0 aliphatic carbocycles. The molecular weight excluding hydrogens is 358 g/mol. The molecule has 8 heteroatoms.